The van der Waals surface area contributed by atoms with E-state index in [1.165, 1.54) is 12.8 Å². The van der Waals surface area contributed by atoms with Gasteiger partial charge in [0.05, 0.1) is 17.3 Å². The molecule has 2 aromatic rings. The van der Waals surface area contributed by atoms with Crippen LogP contribution in [0.2, 0.25) is 0 Å². The monoisotopic (exact) mass is 243 g/mol. The largest absolute Gasteiger partial charge is 0.339 e. The second-order valence-corrected chi connectivity index (χ2v) is 4.84. The number of amides is 1. The van der Waals surface area contributed by atoms with Gasteiger partial charge in [0.1, 0.15) is 0 Å². The fraction of sp³-hybridized carbons (Fsp3) is 0.429. The highest BCUT2D eigenvalue weighted by atomic mass is 16.2. The van der Waals surface area contributed by atoms with Crippen LogP contribution in [0.15, 0.2) is 24.4 Å². The Hall–Kier alpha value is -1.84. The molecule has 3 rings (SSSR count). The molecule has 18 heavy (non-hydrogen) atoms. The van der Waals surface area contributed by atoms with Gasteiger partial charge in [-0.2, -0.15) is 5.10 Å². The zero-order chi connectivity index (χ0) is 12.4. The molecule has 1 N–H and O–H groups in total. The number of benzene rings is 1. The highest BCUT2D eigenvalue weighted by Gasteiger charge is 2.19. The number of carbonyl (C=O) groups is 1. The van der Waals surface area contributed by atoms with E-state index in [1.54, 1.807) is 6.20 Å². The molecular formula is C14H17N3O. The summed E-state index contributed by atoms with van der Waals surface area (Å²) in [5.74, 6) is 0.143. The molecule has 94 valence electrons. The molecule has 0 unspecified atom stereocenters. The van der Waals surface area contributed by atoms with E-state index in [4.69, 9.17) is 0 Å². The Morgan fingerprint density at radius 1 is 1.17 bits per heavy atom. The summed E-state index contributed by atoms with van der Waals surface area (Å²) in [6.07, 6.45) is 6.44. The highest BCUT2D eigenvalue weighted by Crippen LogP contribution is 2.19. The lowest BCUT2D eigenvalue weighted by molar-refractivity contribution is 0.0763. The Morgan fingerprint density at radius 3 is 2.72 bits per heavy atom. The summed E-state index contributed by atoms with van der Waals surface area (Å²) >= 11 is 0. The quantitative estimate of drug-likeness (QED) is 0.836. The van der Waals surface area contributed by atoms with Crippen molar-refractivity contribution < 1.29 is 4.79 Å². The molecule has 4 nitrogen and oxygen atoms in total. The first-order valence-electron chi connectivity index (χ1n) is 6.57. The first-order chi connectivity index (χ1) is 8.86. The van der Waals surface area contributed by atoms with Crippen molar-refractivity contribution in [1.29, 1.82) is 0 Å². The summed E-state index contributed by atoms with van der Waals surface area (Å²) in [5, 5.41) is 7.84. The van der Waals surface area contributed by atoms with Crippen LogP contribution in [0, 0.1) is 0 Å². The summed E-state index contributed by atoms with van der Waals surface area (Å²) in [5.41, 5.74) is 1.69. The molecule has 1 aromatic heterocycles. The molecule has 4 heteroatoms. The average molecular weight is 243 g/mol. The van der Waals surface area contributed by atoms with Crippen LogP contribution in [-0.2, 0) is 0 Å². The molecule has 0 saturated carbocycles. The molecule has 1 amide bonds. The Balaban J connectivity index is 1.93. The zero-order valence-corrected chi connectivity index (χ0v) is 10.4. The van der Waals surface area contributed by atoms with E-state index in [0.29, 0.717) is 0 Å². The van der Waals surface area contributed by atoms with Gasteiger partial charge >= 0.3 is 0 Å². The van der Waals surface area contributed by atoms with Crippen molar-refractivity contribution in [3.05, 3.63) is 30.0 Å². The van der Waals surface area contributed by atoms with Gasteiger partial charge in [0.2, 0.25) is 0 Å². The van der Waals surface area contributed by atoms with Gasteiger partial charge in [0.25, 0.3) is 5.91 Å². The van der Waals surface area contributed by atoms with Gasteiger partial charge in [-0.15, -0.1) is 0 Å². The predicted octanol–water partition coefficient (Wildman–Crippen LogP) is 2.58. The standard InChI is InChI=1S/C14H17N3O/c18-14(17-8-3-1-2-4-9-17)11-6-5-7-13-12(11)10-15-16-13/h5-7,10H,1-4,8-9H2,(H,15,16). The second kappa shape index (κ2) is 4.80. The van der Waals surface area contributed by atoms with Crippen molar-refractivity contribution in [3.8, 4) is 0 Å². The van der Waals surface area contributed by atoms with Gasteiger partial charge < -0.3 is 4.90 Å². The normalized spacial score (nSPS) is 16.8. The topological polar surface area (TPSA) is 49.0 Å². The molecule has 0 atom stereocenters. The number of hydrogen-bond donors (Lipinski definition) is 1. The van der Waals surface area contributed by atoms with Crippen LogP contribution in [0.25, 0.3) is 10.9 Å². The van der Waals surface area contributed by atoms with E-state index in [0.717, 1.165) is 42.4 Å². The number of likely N-dealkylation sites (tertiary alicyclic amines) is 1. The number of nitrogens with zero attached hydrogens (tertiary/aromatic N) is 2. The number of hydrogen-bond acceptors (Lipinski definition) is 2. The van der Waals surface area contributed by atoms with Gasteiger partial charge in [-0.3, -0.25) is 9.89 Å². The van der Waals surface area contributed by atoms with E-state index < -0.39 is 0 Å². The van der Waals surface area contributed by atoms with E-state index in [2.05, 4.69) is 10.2 Å². The fourth-order valence-corrected chi connectivity index (χ4v) is 2.60. The Labute approximate surface area is 106 Å². The minimum Gasteiger partial charge on any atom is -0.339 e. The summed E-state index contributed by atoms with van der Waals surface area (Å²) in [4.78, 5) is 14.5. The van der Waals surface area contributed by atoms with Crippen LogP contribution >= 0.6 is 0 Å². The predicted molar refractivity (Wildman–Crippen MR) is 70.5 cm³/mol. The first kappa shape index (κ1) is 11.3. The molecule has 1 aliphatic rings. The molecule has 0 bridgehead atoms. The number of fused-ring (bicyclic) bond motifs is 1. The molecule has 0 spiro atoms. The number of carbonyl (C=O) groups excluding carboxylic acids is 1. The summed E-state index contributed by atoms with van der Waals surface area (Å²) in [6, 6.07) is 5.75. The van der Waals surface area contributed by atoms with Gasteiger partial charge in [0.15, 0.2) is 0 Å². The van der Waals surface area contributed by atoms with E-state index in [-0.39, 0.29) is 5.91 Å². The Bertz CT molecular complexity index is 553. The Morgan fingerprint density at radius 2 is 1.94 bits per heavy atom. The van der Waals surface area contributed by atoms with E-state index in [9.17, 15) is 4.79 Å². The van der Waals surface area contributed by atoms with Crippen LogP contribution in [-0.4, -0.2) is 34.1 Å². The maximum absolute atomic E-state index is 12.5. The van der Waals surface area contributed by atoms with Crippen LogP contribution < -0.4 is 0 Å². The third-order valence-corrected chi connectivity index (χ3v) is 3.61. The number of H-pyrrole nitrogens is 1. The van der Waals surface area contributed by atoms with Crippen LogP contribution in [0.1, 0.15) is 36.0 Å². The average Bonchev–Trinajstić information content (AvgIpc) is 2.71. The SMILES string of the molecule is O=C(c1cccc2[nH]ncc12)N1CCCCCC1. The number of nitrogens with one attached hydrogen (secondary N) is 1. The van der Waals surface area contributed by atoms with Gasteiger partial charge in [-0.1, -0.05) is 18.9 Å². The molecular weight excluding hydrogens is 226 g/mol. The maximum Gasteiger partial charge on any atom is 0.254 e. The highest BCUT2D eigenvalue weighted by molar-refractivity contribution is 6.06. The lowest BCUT2D eigenvalue weighted by Crippen LogP contribution is -2.31. The minimum atomic E-state index is 0.143. The van der Waals surface area contributed by atoms with Crippen molar-refractivity contribution in [3.63, 3.8) is 0 Å². The third-order valence-electron chi connectivity index (χ3n) is 3.61. The lowest BCUT2D eigenvalue weighted by Gasteiger charge is -2.20. The Kier molecular flexibility index (Phi) is 3.00. The fourth-order valence-electron chi connectivity index (χ4n) is 2.60. The molecule has 0 radical (unpaired) electrons. The number of aromatic nitrogens is 2. The zero-order valence-electron chi connectivity index (χ0n) is 10.4. The van der Waals surface area contributed by atoms with E-state index in [1.807, 2.05) is 23.1 Å². The van der Waals surface area contributed by atoms with Crippen LogP contribution in [0.3, 0.4) is 0 Å². The smallest absolute Gasteiger partial charge is 0.254 e. The molecule has 2 heterocycles. The molecule has 1 saturated heterocycles. The summed E-state index contributed by atoms with van der Waals surface area (Å²) in [6.45, 7) is 1.76. The second-order valence-electron chi connectivity index (χ2n) is 4.84. The first-order valence-corrected chi connectivity index (χ1v) is 6.57. The number of aromatic amines is 1. The van der Waals surface area contributed by atoms with Crippen molar-refractivity contribution in [2.24, 2.45) is 0 Å². The van der Waals surface area contributed by atoms with Crippen molar-refractivity contribution in [2.45, 2.75) is 25.7 Å². The summed E-state index contributed by atoms with van der Waals surface area (Å²) < 4.78 is 0. The van der Waals surface area contributed by atoms with Crippen LogP contribution in [0.5, 0.6) is 0 Å². The molecule has 1 aromatic carbocycles. The van der Waals surface area contributed by atoms with Crippen molar-refractivity contribution in [2.75, 3.05) is 13.1 Å². The van der Waals surface area contributed by atoms with Gasteiger partial charge in [0, 0.05) is 18.5 Å². The summed E-state index contributed by atoms with van der Waals surface area (Å²) in [7, 11) is 0. The minimum absolute atomic E-state index is 0.143. The van der Waals surface area contributed by atoms with Gasteiger partial charge in [-0.25, -0.2) is 0 Å². The number of rotatable bonds is 1. The molecule has 1 fully saturated rings. The maximum atomic E-state index is 12.5. The third kappa shape index (κ3) is 1.98. The lowest BCUT2D eigenvalue weighted by atomic mass is 10.1. The molecule has 0 aliphatic carbocycles. The van der Waals surface area contributed by atoms with Crippen molar-refractivity contribution in [1.82, 2.24) is 15.1 Å². The van der Waals surface area contributed by atoms with Crippen LogP contribution in [0.4, 0.5) is 0 Å². The molecule has 1 aliphatic heterocycles. The van der Waals surface area contributed by atoms with Gasteiger partial charge in [-0.05, 0) is 25.0 Å². The van der Waals surface area contributed by atoms with Crippen molar-refractivity contribution >= 4 is 16.8 Å². The van der Waals surface area contributed by atoms with E-state index >= 15 is 0 Å².